The first kappa shape index (κ1) is 26.2. The second-order valence-electron chi connectivity index (χ2n) is 9.64. The molecule has 3 rings (SSSR count). The van der Waals surface area contributed by atoms with Crippen molar-refractivity contribution in [3.8, 4) is 0 Å². The van der Waals surface area contributed by atoms with Gasteiger partial charge in [0.25, 0.3) is 0 Å². The fraction of sp³-hybridized carbons (Fsp3) is 0.355. The number of rotatable bonds is 10. The monoisotopic (exact) mass is 470 g/mol. The van der Waals surface area contributed by atoms with Gasteiger partial charge in [-0.25, -0.2) is 0 Å². The van der Waals surface area contributed by atoms with Gasteiger partial charge in [-0.15, -0.1) is 0 Å². The minimum Gasteiger partial charge on any atom is -0.352 e. The van der Waals surface area contributed by atoms with E-state index in [4.69, 9.17) is 0 Å². The van der Waals surface area contributed by atoms with E-state index in [-0.39, 0.29) is 24.3 Å². The Morgan fingerprint density at radius 2 is 1.51 bits per heavy atom. The van der Waals surface area contributed by atoms with Crippen LogP contribution in [0.2, 0.25) is 0 Å². The van der Waals surface area contributed by atoms with Gasteiger partial charge >= 0.3 is 0 Å². The zero-order valence-electron chi connectivity index (χ0n) is 21.7. The molecule has 0 aliphatic carbocycles. The molecule has 0 saturated carbocycles. The number of nitrogens with zero attached hydrogens (tertiary/aromatic N) is 1. The smallest absolute Gasteiger partial charge is 0.243 e. The largest absolute Gasteiger partial charge is 0.352 e. The van der Waals surface area contributed by atoms with Crippen molar-refractivity contribution >= 4 is 11.8 Å². The van der Waals surface area contributed by atoms with Crippen LogP contribution in [0.4, 0.5) is 0 Å². The normalized spacial score (nSPS) is 12.6. The van der Waals surface area contributed by atoms with Crippen molar-refractivity contribution < 1.29 is 9.59 Å². The molecular formula is C31H38N2O2. The highest BCUT2D eigenvalue weighted by Crippen LogP contribution is 2.19. The van der Waals surface area contributed by atoms with E-state index in [0.717, 1.165) is 39.8 Å². The molecule has 0 aromatic heterocycles. The van der Waals surface area contributed by atoms with Crippen LogP contribution in [0, 0.1) is 20.8 Å². The van der Waals surface area contributed by atoms with E-state index in [1.807, 2.05) is 89.2 Å². The number of aryl methyl sites for hydroxylation is 3. The quantitative estimate of drug-likeness (QED) is 0.413. The molecule has 2 atom stereocenters. The zero-order valence-corrected chi connectivity index (χ0v) is 21.7. The molecule has 184 valence electrons. The minimum atomic E-state index is -0.606. The standard InChI is InChI=1S/C31H38N2O2/c1-6-25(5)32-31(35)29(19-26-10-8-7-9-11-26)33(21-27-16-13-22(2)14-17-27)30(34)20-28-18-23(3)12-15-24(28)4/h7-18,25,29H,6,19-21H2,1-5H3,(H,32,35)/t25-,29+/m0/s1. The summed E-state index contributed by atoms with van der Waals surface area (Å²) in [6.07, 6.45) is 1.56. The third-order valence-corrected chi connectivity index (χ3v) is 6.59. The van der Waals surface area contributed by atoms with E-state index in [1.54, 1.807) is 4.90 Å². The molecule has 0 unspecified atom stereocenters. The molecule has 3 aromatic rings. The van der Waals surface area contributed by atoms with Gasteiger partial charge in [-0.1, -0.05) is 90.8 Å². The van der Waals surface area contributed by atoms with E-state index < -0.39 is 6.04 Å². The van der Waals surface area contributed by atoms with Gasteiger partial charge in [0.1, 0.15) is 6.04 Å². The summed E-state index contributed by atoms with van der Waals surface area (Å²) in [5.74, 6) is -0.149. The lowest BCUT2D eigenvalue weighted by Gasteiger charge is -2.32. The van der Waals surface area contributed by atoms with Crippen LogP contribution >= 0.6 is 0 Å². The van der Waals surface area contributed by atoms with Crippen molar-refractivity contribution in [1.82, 2.24) is 10.2 Å². The fourth-order valence-corrected chi connectivity index (χ4v) is 4.14. The molecule has 1 N–H and O–H groups in total. The second-order valence-corrected chi connectivity index (χ2v) is 9.64. The van der Waals surface area contributed by atoms with Crippen LogP contribution in [0.1, 0.15) is 53.6 Å². The molecule has 0 aliphatic rings. The molecule has 35 heavy (non-hydrogen) atoms. The first-order valence-corrected chi connectivity index (χ1v) is 12.5. The van der Waals surface area contributed by atoms with Crippen LogP contribution in [-0.2, 0) is 29.0 Å². The van der Waals surface area contributed by atoms with Gasteiger partial charge < -0.3 is 10.2 Å². The molecule has 0 heterocycles. The molecule has 0 radical (unpaired) electrons. The molecular weight excluding hydrogens is 432 g/mol. The average Bonchev–Trinajstić information content (AvgIpc) is 2.85. The number of carbonyl (C=O) groups is 2. The van der Waals surface area contributed by atoms with Gasteiger partial charge in [0.05, 0.1) is 6.42 Å². The van der Waals surface area contributed by atoms with Crippen LogP contribution in [-0.4, -0.2) is 28.8 Å². The van der Waals surface area contributed by atoms with E-state index in [0.29, 0.717) is 13.0 Å². The Kier molecular flexibility index (Phi) is 9.25. The summed E-state index contributed by atoms with van der Waals surface area (Å²) < 4.78 is 0. The lowest BCUT2D eigenvalue weighted by molar-refractivity contribution is -0.141. The van der Waals surface area contributed by atoms with E-state index >= 15 is 0 Å². The molecule has 4 heteroatoms. The summed E-state index contributed by atoms with van der Waals surface area (Å²) in [5, 5.41) is 3.13. The van der Waals surface area contributed by atoms with Crippen molar-refractivity contribution in [1.29, 1.82) is 0 Å². The first-order valence-electron chi connectivity index (χ1n) is 12.5. The molecule has 0 bridgehead atoms. The van der Waals surface area contributed by atoms with E-state index in [2.05, 4.69) is 23.5 Å². The Hall–Kier alpha value is -3.40. The van der Waals surface area contributed by atoms with Gasteiger partial charge in [-0.2, -0.15) is 0 Å². The molecule has 0 spiro atoms. The lowest BCUT2D eigenvalue weighted by Crippen LogP contribution is -2.52. The van der Waals surface area contributed by atoms with Crippen LogP contribution < -0.4 is 5.32 Å². The van der Waals surface area contributed by atoms with Crippen molar-refractivity contribution in [3.05, 3.63) is 106 Å². The van der Waals surface area contributed by atoms with Crippen molar-refractivity contribution in [2.24, 2.45) is 0 Å². The Bertz CT molecular complexity index is 1120. The topological polar surface area (TPSA) is 49.4 Å². The van der Waals surface area contributed by atoms with Gasteiger partial charge in [0.15, 0.2) is 0 Å². The van der Waals surface area contributed by atoms with E-state index in [9.17, 15) is 9.59 Å². The highest BCUT2D eigenvalue weighted by Gasteiger charge is 2.31. The minimum absolute atomic E-state index is 0.0381. The van der Waals surface area contributed by atoms with E-state index in [1.165, 1.54) is 0 Å². The van der Waals surface area contributed by atoms with Gasteiger partial charge in [-0.3, -0.25) is 9.59 Å². The number of carbonyl (C=O) groups excluding carboxylic acids is 2. The molecule has 3 aromatic carbocycles. The van der Waals surface area contributed by atoms with Crippen LogP contribution in [0.5, 0.6) is 0 Å². The number of hydrogen-bond acceptors (Lipinski definition) is 2. The van der Waals surface area contributed by atoms with Crippen LogP contribution in [0.25, 0.3) is 0 Å². The zero-order chi connectivity index (χ0) is 25.4. The highest BCUT2D eigenvalue weighted by molar-refractivity contribution is 5.89. The predicted molar refractivity (Wildman–Crippen MR) is 143 cm³/mol. The lowest BCUT2D eigenvalue weighted by atomic mass is 9.99. The molecule has 4 nitrogen and oxygen atoms in total. The van der Waals surface area contributed by atoms with Crippen molar-refractivity contribution in [3.63, 3.8) is 0 Å². The summed E-state index contributed by atoms with van der Waals surface area (Å²) in [4.78, 5) is 29.2. The third kappa shape index (κ3) is 7.54. The Morgan fingerprint density at radius 3 is 2.17 bits per heavy atom. The summed E-state index contributed by atoms with van der Waals surface area (Å²) >= 11 is 0. The van der Waals surface area contributed by atoms with Crippen LogP contribution in [0.3, 0.4) is 0 Å². The SMILES string of the molecule is CC[C@H](C)NC(=O)[C@@H](Cc1ccccc1)N(Cc1ccc(C)cc1)C(=O)Cc1cc(C)ccc1C. The number of benzene rings is 3. The second kappa shape index (κ2) is 12.3. The fourth-order valence-electron chi connectivity index (χ4n) is 4.14. The van der Waals surface area contributed by atoms with Crippen molar-refractivity contribution in [2.75, 3.05) is 0 Å². The van der Waals surface area contributed by atoms with Crippen LogP contribution in [0.15, 0.2) is 72.8 Å². The molecule has 0 fully saturated rings. The Labute approximate surface area is 210 Å². The summed E-state index contributed by atoms with van der Waals surface area (Å²) in [5.41, 5.74) is 6.42. The van der Waals surface area contributed by atoms with Gasteiger partial charge in [0.2, 0.25) is 11.8 Å². The number of hydrogen-bond donors (Lipinski definition) is 1. The average molecular weight is 471 g/mol. The Balaban J connectivity index is 1.99. The molecule has 2 amide bonds. The predicted octanol–water partition coefficient (Wildman–Crippen LogP) is 5.71. The summed E-state index contributed by atoms with van der Waals surface area (Å²) in [6, 6.07) is 23.7. The maximum absolute atomic E-state index is 13.9. The maximum Gasteiger partial charge on any atom is 0.243 e. The molecule has 0 aliphatic heterocycles. The van der Waals surface area contributed by atoms with Gasteiger partial charge in [-0.05, 0) is 56.4 Å². The molecule has 0 saturated heterocycles. The summed E-state index contributed by atoms with van der Waals surface area (Å²) in [7, 11) is 0. The van der Waals surface area contributed by atoms with Gasteiger partial charge in [0, 0.05) is 19.0 Å². The maximum atomic E-state index is 13.9. The third-order valence-electron chi connectivity index (χ3n) is 6.59. The highest BCUT2D eigenvalue weighted by atomic mass is 16.2. The number of amides is 2. The summed E-state index contributed by atoms with van der Waals surface area (Å²) in [6.45, 7) is 10.5. The Morgan fingerprint density at radius 1 is 0.857 bits per heavy atom. The van der Waals surface area contributed by atoms with Crippen molar-refractivity contribution in [2.45, 2.75) is 72.5 Å². The number of nitrogens with one attached hydrogen (secondary N) is 1. The first-order chi connectivity index (χ1) is 16.8.